The first-order chi connectivity index (χ1) is 7.07. The zero-order chi connectivity index (χ0) is 11.3. The average molecular weight is 215 g/mol. The molecule has 0 spiro atoms. The van der Waals surface area contributed by atoms with Crippen molar-refractivity contribution in [3.63, 3.8) is 0 Å². The molecule has 3 heteroatoms. The monoisotopic (exact) mass is 215 g/mol. The quantitative estimate of drug-likeness (QED) is 0.697. The second kappa shape index (κ2) is 5.83. The lowest BCUT2D eigenvalue weighted by atomic mass is 9.83. The Morgan fingerprint density at radius 2 is 1.87 bits per heavy atom. The van der Waals surface area contributed by atoms with Crippen molar-refractivity contribution in [3.05, 3.63) is 0 Å². The number of nitrogens with zero attached hydrogens (tertiary/aromatic N) is 1. The molecule has 0 radical (unpaired) electrons. The molecule has 0 aromatic heterocycles. The Hall–Kier alpha value is -0.120. The Kier molecular flexibility index (Phi) is 5.03. The summed E-state index contributed by atoms with van der Waals surface area (Å²) < 4.78 is 11.5. The summed E-state index contributed by atoms with van der Waals surface area (Å²) in [6.45, 7) is 8.02. The first-order valence-electron chi connectivity index (χ1n) is 5.93. The molecule has 0 unspecified atom stereocenters. The van der Waals surface area contributed by atoms with Crippen LogP contribution in [0.4, 0.5) is 0 Å². The molecular weight excluding hydrogens is 190 g/mol. The van der Waals surface area contributed by atoms with Crippen LogP contribution in [0.5, 0.6) is 0 Å². The van der Waals surface area contributed by atoms with Crippen LogP contribution < -0.4 is 0 Å². The van der Waals surface area contributed by atoms with E-state index < -0.39 is 0 Å². The van der Waals surface area contributed by atoms with Gasteiger partial charge < -0.3 is 14.4 Å². The van der Waals surface area contributed by atoms with Crippen molar-refractivity contribution in [1.82, 2.24) is 4.90 Å². The summed E-state index contributed by atoms with van der Waals surface area (Å²) in [7, 11) is 4.16. The molecule has 1 rings (SSSR count). The van der Waals surface area contributed by atoms with Gasteiger partial charge in [-0.15, -0.1) is 0 Å². The SMILES string of the molecule is CC(C)C1(OCCN(C)C)CCOCC1. The first kappa shape index (κ1) is 12.9. The second-order valence-corrected chi connectivity index (χ2v) is 4.98. The average Bonchev–Trinajstić information content (AvgIpc) is 2.18. The molecule has 90 valence electrons. The van der Waals surface area contributed by atoms with E-state index >= 15 is 0 Å². The van der Waals surface area contributed by atoms with Gasteiger partial charge in [0.25, 0.3) is 0 Å². The maximum atomic E-state index is 6.12. The van der Waals surface area contributed by atoms with E-state index in [-0.39, 0.29) is 5.60 Å². The van der Waals surface area contributed by atoms with E-state index in [0.29, 0.717) is 5.92 Å². The highest BCUT2D eigenvalue weighted by Crippen LogP contribution is 2.32. The summed E-state index contributed by atoms with van der Waals surface area (Å²) in [4.78, 5) is 2.16. The normalized spacial score (nSPS) is 21.2. The van der Waals surface area contributed by atoms with Gasteiger partial charge in [0.15, 0.2) is 0 Å². The van der Waals surface area contributed by atoms with Crippen LogP contribution in [0.3, 0.4) is 0 Å². The summed E-state index contributed by atoms with van der Waals surface area (Å²) in [5, 5.41) is 0. The second-order valence-electron chi connectivity index (χ2n) is 4.98. The molecule has 15 heavy (non-hydrogen) atoms. The molecule has 0 atom stereocenters. The summed E-state index contributed by atoms with van der Waals surface area (Å²) in [5.74, 6) is 0.573. The van der Waals surface area contributed by atoms with Crippen LogP contribution in [-0.4, -0.2) is 51.0 Å². The molecule has 1 fully saturated rings. The lowest BCUT2D eigenvalue weighted by molar-refractivity contribution is -0.137. The van der Waals surface area contributed by atoms with Crippen molar-refractivity contribution < 1.29 is 9.47 Å². The molecule has 0 amide bonds. The fourth-order valence-electron chi connectivity index (χ4n) is 2.04. The summed E-state index contributed by atoms with van der Waals surface area (Å²) >= 11 is 0. The maximum Gasteiger partial charge on any atom is 0.0749 e. The number of ether oxygens (including phenoxy) is 2. The van der Waals surface area contributed by atoms with E-state index in [1.54, 1.807) is 0 Å². The van der Waals surface area contributed by atoms with Gasteiger partial charge in [-0.2, -0.15) is 0 Å². The largest absolute Gasteiger partial charge is 0.381 e. The summed E-state index contributed by atoms with van der Waals surface area (Å²) in [6.07, 6.45) is 2.08. The number of hydrogen-bond acceptors (Lipinski definition) is 3. The van der Waals surface area contributed by atoms with Gasteiger partial charge in [-0.05, 0) is 20.0 Å². The third-order valence-electron chi connectivity index (χ3n) is 3.32. The van der Waals surface area contributed by atoms with E-state index in [2.05, 4.69) is 32.8 Å². The topological polar surface area (TPSA) is 21.7 Å². The van der Waals surface area contributed by atoms with Crippen LogP contribution >= 0.6 is 0 Å². The van der Waals surface area contributed by atoms with Crippen molar-refractivity contribution in [3.8, 4) is 0 Å². The van der Waals surface area contributed by atoms with Crippen LogP contribution in [0.25, 0.3) is 0 Å². The minimum absolute atomic E-state index is 0.0637. The van der Waals surface area contributed by atoms with Gasteiger partial charge in [0.2, 0.25) is 0 Å². The molecule has 0 N–H and O–H groups in total. The van der Waals surface area contributed by atoms with Crippen LogP contribution in [-0.2, 0) is 9.47 Å². The summed E-state index contributed by atoms with van der Waals surface area (Å²) in [5.41, 5.74) is 0.0637. The van der Waals surface area contributed by atoms with Crippen LogP contribution in [0.15, 0.2) is 0 Å². The molecule has 0 aromatic rings. The molecular formula is C12H25NO2. The smallest absolute Gasteiger partial charge is 0.0749 e. The van der Waals surface area contributed by atoms with E-state index in [1.807, 2.05) is 0 Å². The fraction of sp³-hybridized carbons (Fsp3) is 1.00. The van der Waals surface area contributed by atoms with Crippen molar-refractivity contribution in [2.24, 2.45) is 5.92 Å². The maximum absolute atomic E-state index is 6.12. The number of hydrogen-bond donors (Lipinski definition) is 0. The van der Waals surface area contributed by atoms with Crippen LogP contribution in [0.1, 0.15) is 26.7 Å². The lowest BCUT2D eigenvalue weighted by Crippen LogP contribution is -2.44. The molecule has 1 aliphatic rings. The lowest BCUT2D eigenvalue weighted by Gasteiger charge is -2.40. The molecule has 0 aliphatic carbocycles. The highest BCUT2D eigenvalue weighted by molar-refractivity contribution is 4.86. The molecule has 1 saturated heterocycles. The van der Waals surface area contributed by atoms with Gasteiger partial charge in [0.05, 0.1) is 12.2 Å². The van der Waals surface area contributed by atoms with Gasteiger partial charge in [0, 0.05) is 32.6 Å². The standard InChI is InChI=1S/C12H25NO2/c1-11(2)12(5-8-14-9-6-12)15-10-7-13(3)4/h11H,5-10H2,1-4H3. The molecule has 0 aromatic carbocycles. The zero-order valence-corrected chi connectivity index (χ0v) is 10.6. The Bertz CT molecular complexity index is 174. The van der Waals surface area contributed by atoms with Gasteiger partial charge in [-0.25, -0.2) is 0 Å². The molecule has 1 aliphatic heterocycles. The molecule has 0 bridgehead atoms. The van der Waals surface area contributed by atoms with Gasteiger partial charge >= 0.3 is 0 Å². The Morgan fingerprint density at radius 1 is 1.27 bits per heavy atom. The van der Waals surface area contributed by atoms with E-state index in [0.717, 1.165) is 39.2 Å². The third-order valence-corrected chi connectivity index (χ3v) is 3.32. The number of rotatable bonds is 5. The van der Waals surface area contributed by atoms with Gasteiger partial charge in [-0.3, -0.25) is 0 Å². The predicted molar refractivity (Wildman–Crippen MR) is 62.1 cm³/mol. The van der Waals surface area contributed by atoms with Gasteiger partial charge in [-0.1, -0.05) is 13.8 Å². The minimum atomic E-state index is 0.0637. The van der Waals surface area contributed by atoms with E-state index in [1.165, 1.54) is 0 Å². The Labute approximate surface area is 93.7 Å². The number of likely N-dealkylation sites (N-methyl/N-ethyl adjacent to an activating group) is 1. The van der Waals surface area contributed by atoms with Crippen molar-refractivity contribution in [2.45, 2.75) is 32.3 Å². The Morgan fingerprint density at radius 3 is 2.33 bits per heavy atom. The molecule has 3 nitrogen and oxygen atoms in total. The van der Waals surface area contributed by atoms with Crippen molar-refractivity contribution in [1.29, 1.82) is 0 Å². The zero-order valence-electron chi connectivity index (χ0n) is 10.6. The van der Waals surface area contributed by atoms with Gasteiger partial charge in [0.1, 0.15) is 0 Å². The third kappa shape index (κ3) is 3.74. The highest BCUT2D eigenvalue weighted by atomic mass is 16.5. The van der Waals surface area contributed by atoms with Crippen LogP contribution in [0, 0.1) is 5.92 Å². The van der Waals surface area contributed by atoms with E-state index in [9.17, 15) is 0 Å². The minimum Gasteiger partial charge on any atom is -0.381 e. The summed E-state index contributed by atoms with van der Waals surface area (Å²) in [6, 6.07) is 0. The van der Waals surface area contributed by atoms with Crippen LogP contribution in [0.2, 0.25) is 0 Å². The van der Waals surface area contributed by atoms with Crippen molar-refractivity contribution >= 4 is 0 Å². The molecule has 0 saturated carbocycles. The Balaban J connectivity index is 2.42. The molecule has 1 heterocycles. The van der Waals surface area contributed by atoms with Crippen molar-refractivity contribution in [2.75, 3.05) is 40.5 Å². The first-order valence-corrected chi connectivity index (χ1v) is 5.93. The fourth-order valence-corrected chi connectivity index (χ4v) is 2.04. The predicted octanol–water partition coefficient (Wildman–Crippen LogP) is 1.77. The highest BCUT2D eigenvalue weighted by Gasteiger charge is 2.36. The van der Waals surface area contributed by atoms with E-state index in [4.69, 9.17) is 9.47 Å².